The first-order chi connectivity index (χ1) is 20.4. The molecule has 0 spiro atoms. The lowest BCUT2D eigenvalue weighted by Gasteiger charge is -2.39. The molecule has 43 heavy (non-hydrogen) atoms. The van der Waals surface area contributed by atoms with Gasteiger partial charge in [0.2, 0.25) is 0 Å². The molecule has 1 heterocycles. The fourth-order valence-corrected chi connectivity index (χ4v) is 5.20. The van der Waals surface area contributed by atoms with Crippen molar-refractivity contribution in [3.05, 3.63) is 110 Å². The second-order valence-corrected chi connectivity index (χ2v) is 10.8. The van der Waals surface area contributed by atoms with Crippen molar-refractivity contribution in [1.82, 2.24) is 0 Å². The van der Waals surface area contributed by atoms with Gasteiger partial charge in [-0.1, -0.05) is 35.9 Å². The van der Waals surface area contributed by atoms with Crippen molar-refractivity contribution < 1.29 is 51.0 Å². The smallest absolute Gasteiger partial charge is 0.339 e. The SMILES string of the molecule is CO[C@H]1OC[C@H](OC(=O)c2cc([N+](=O)[O-])cc([N+](=O)[O-])c2)[C@H](OS(=O)(=O)c2ccc(C)cc2)[C@H]1OC(=O)c1ccccc1. The van der Waals surface area contributed by atoms with E-state index in [4.69, 9.17) is 23.1 Å². The molecule has 0 aromatic heterocycles. The van der Waals surface area contributed by atoms with E-state index in [-0.39, 0.29) is 10.5 Å². The van der Waals surface area contributed by atoms with Gasteiger partial charge in [0.1, 0.15) is 0 Å². The van der Waals surface area contributed by atoms with Gasteiger partial charge in [0.25, 0.3) is 21.5 Å². The molecule has 0 amide bonds. The number of nitrogens with zero attached hydrogens (tertiary/aromatic N) is 2. The highest BCUT2D eigenvalue weighted by Crippen LogP contribution is 2.30. The quantitative estimate of drug-likeness (QED) is 0.139. The van der Waals surface area contributed by atoms with E-state index in [9.17, 15) is 38.2 Å². The van der Waals surface area contributed by atoms with Crippen LogP contribution >= 0.6 is 0 Å². The number of nitro benzene ring substituents is 2. The summed E-state index contributed by atoms with van der Waals surface area (Å²) in [5.74, 6) is -2.20. The van der Waals surface area contributed by atoms with Crippen LogP contribution in [0.15, 0.2) is 77.7 Å². The zero-order valence-corrected chi connectivity index (χ0v) is 23.4. The average Bonchev–Trinajstić information content (AvgIpc) is 2.99. The molecule has 4 rings (SSSR count). The Hall–Kier alpha value is -4.77. The minimum atomic E-state index is -4.58. The Labute approximate surface area is 244 Å². The third-order valence-corrected chi connectivity index (χ3v) is 7.56. The highest BCUT2D eigenvalue weighted by atomic mass is 32.2. The van der Waals surface area contributed by atoms with Crippen LogP contribution in [0.5, 0.6) is 0 Å². The third-order valence-electron chi connectivity index (χ3n) is 6.23. The molecule has 0 aliphatic carbocycles. The molecule has 0 unspecified atom stereocenters. The van der Waals surface area contributed by atoms with Gasteiger partial charge in [0, 0.05) is 19.2 Å². The number of methoxy groups -OCH3 is 1. The van der Waals surface area contributed by atoms with Crippen molar-refractivity contribution in [2.24, 2.45) is 0 Å². The number of benzene rings is 3. The summed E-state index contributed by atoms with van der Waals surface area (Å²) in [4.78, 5) is 46.6. The molecule has 16 heteroatoms. The lowest BCUT2D eigenvalue weighted by Crippen LogP contribution is -2.58. The number of ether oxygens (including phenoxy) is 4. The summed E-state index contributed by atoms with van der Waals surface area (Å²) in [6.07, 6.45) is -6.36. The predicted octanol–water partition coefficient (Wildman–Crippen LogP) is 3.34. The topological polar surface area (TPSA) is 201 Å². The number of carbonyl (C=O) groups is 2. The molecule has 0 radical (unpaired) electrons. The van der Waals surface area contributed by atoms with E-state index >= 15 is 0 Å². The zero-order valence-electron chi connectivity index (χ0n) is 22.6. The maximum atomic E-state index is 13.3. The Kier molecular flexibility index (Phi) is 9.45. The molecule has 1 fully saturated rings. The summed E-state index contributed by atoms with van der Waals surface area (Å²) >= 11 is 0. The molecule has 1 aliphatic rings. The van der Waals surface area contributed by atoms with Crippen molar-refractivity contribution in [2.45, 2.75) is 36.4 Å². The van der Waals surface area contributed by atoms with Gasteiger partial charge in [0.15, 0.2) is 24.6 Å². The van der Waals surface area contributed by atoms with Gasteiger partial charge in [0.05, 0.1) is 38.5 Å². The summed E-state index contributed by atoms with van der Waals surface area (Å²) in [5.41, 5.74) is -1.24. The molecule has 0 saturated carbocycles. The minimum absolute atomic E-state index is 0.0977. The molecule has 226 valence electrons. The number of hydrogen-bond acceptors (Lipinski definition) is 13. The van der Waals surface area contributed by atoms with E-state index in [1.807, 2.05) is 0 Å². The van der Waals surface area contributed by atoms with E-state index in [0.717, 1.165) is 17.7 Å². The van der Waals surface area contributed by atoms with E-state index in [1.54, 1.807) is 25.1 Å². The van der Waals surface area contributed by atoms with Crippen LogP contribution in [0, 0.1) is 27.2 Å². The van der Waals surface area contributed by atoms with Gasteiger partial charge >= 0.3 is 11.9 Å². The molecular weight excluding hydrogens is 592 g/mol. The summed E-state index contributed by atoms with van der Waals surface area (Å²) in [7, 11) is -3.38. The Morgan fingerprint density at radius 1 is 0.837 bits per heavy atom. The lowest BCUT2D eigenvalue weighted by molar-refractivity contribution is -0.394. The number of carbonyl (C=O) groups excluding carboxylic acids is 2. The van der Waals surface area contributed by atoms with Gasteiger partial charge < -0.3 is 18.9 Å². The number of esters is 2. The summed E-state index contributed by atoms with van der Waals surface area (Å²) in [6, 6.07) is 15.5. The Bertz CT molecular complexity index is 1600. The molecule has 3 aromatic rings. The van der Waals surface area contributed by atoms with E-state index in [1.165, 1.54) is 43.5 Å². The van der Waals surface area contributed by atoms with E-state index in [2.05, 4.69) is 0 Å². The number of nitro groups is 2. The van der Waals surface area contributed by atoms with Crippen LogP contribution in [0.4, 0.5) is 11.4 Å². The number of rotatable bonds is 10. The summed E-state index contributed by atoms with van der Waals surface area (Å²) in [5, 5.41) is 22.6. The van der Waals surface area contributed by atoms with Crippen molar-refractivity contribution in [3.8, 4) is 0 Å². The molecule has 1 saturated heterocycles. The van der Waals surface area contributed by atoms with Crippen LogP contribution in [-0.4, -0.2) is 68.5 Å². The first-order valence-corrected chi connectivity index (χ1v) is 13.9. The van der Waals surface area contributed by atoms with Crippen LogP contribution in [0.2, 0.25) is 0 Å². The van der Waals surface area contributed by atoms with Crippen LogP contribution in [0.3, 0.4) is 0 Å². The van der Waals surface area contributed by atoms with Crippen molar-refractivity contribution in [2.75, 3.05) is 13.7 Å². The van der Waals surface area contributed by atoms with Gasteiger partial charge in [-0.2, -0.15) is 8.42 Å². The van der Waals surface area contributed by atoms with Crippen LogP contribution in [0.1, 0.15) is 26.3 Å². The van der Waals surface area contributed by atoms with E-state index in [0.29, 0.717) is 6.07 Å². The monoisotopic (exact) mass is 616 g/mol. The Morgan fingerprint density at radius 2 is 1.42 bits per heavy atom. The normalized spacial score (nSPS) is 20.1. The van der Waals surface area contributed by atoms with Crippen LogP contribution < -0.4 is 0 Å². The standard InChI is InChI=1S/C27H24N2O13S/c1-16-8-10-21(11-9-16)43(36,37)42-23-22(40-26(31)18-12-19(28(32)33)14-20(13-18)29(34)35)15-39-27(38-2)24(23)41-25(30)17-6-4-3-5-7-17/h3-14,22-24,27H,15H2,1-2H3/t22-,23-,24+,27-/m0/s1. The Balaban J connectivity index is 1.71. The van der Waals surface area contributed by atoms with Gasteiger partial charge in [-0.15, -0.1) is 0 Å². The molecule has 3 aromatic carbocycles. The molecule has 4 atom stereocenters. The van der Waals surface area contributed by atoms with Crippen LogP contribution in [0.25, 0.3) is 0 Å². The minimum Gasteiger partial charge on any atom is -0.453 e. The molecule has 1 aliphatic heterocycles. The largest absolute Gasteiger partial charge is 0.453 e. The summed E-state index contributed by atoms with van der Waals surface area (Å²) < 4.78 is 53.9. The van der Waals surface area contributed by atoms with Gasteiger partial charge in [-0.25, -0.2) is 9.59 Å². The second-order valence-electron chi connectivity index (χ2n) is 9.20. The molecule has 0 N–H and O–H groups in total. The second kappa shape index (κ2) is 13.0. The fraction of sp³-hybridized carbons (Fsp3) is 0.259. The predicted molar refractivity (Wildman–Crippen MR) is 145 cm³/mol. The van der Waals surface area contributed by atoms with E-state index < -0.39 is 80.1 Å². The summed E-state index contributed by atoms with van der Waals surface area (Å²) in [6.45, 7) is 1.21. The van der Waals surface area contributed by atoms with Crippen LogP contribution in [-0.2, 0) is 33.2 Å². The van der Waals surface area contributed by atoms with Crippen molar-refractivity contribution in [1.29, 1.82) is 0 Å². The van der Waals surface area contributed by atoms with Gasteiger partial charge in [-0.3, -0.25) is 24.4 Å². The van der Waals surface area contributed by atoms with Gasteiger partial charge in [-0.05, 0) is 31.2 Å². The first-order valence-electron chi connectivity index (χ1n) is 12.4. The average molecular weight is 617 g/mol. The number of non-ortho nitro benzene ring substituents is 2. The molecular formula is C27H24N2O13S. The fourth-order valence-electron chi connectivity index (χ4n) is 4.09. The highest BCUT2D eigenvalue weighted by Gasteiger charge is 2.49. The maximum Gasteiger partial charge on any atom is 0.339 e. The molecule has 15 nitrogen and oxygen atoms in total. The van der Waals surface area contributed by atoms with Crippen molar-refractivity contribution in [3.63, 3.8) is 0 Å². The Morgan fingerprint density at radius 3 is 1.98 bits per heavy atom. The maximum absolute atomic E-state index is 13.3. The highest BCUT2D eigenvalue weighted by molar-refractivity contribution is 7.86. The third kappa shape index (κ3) is 7.36. The zero-order chi connectivity index (χ0) is 31.3. The van der Waals surface area contributed by atoms with Crippen molar-refractivity contribution >= 4 is 33.4 Å². The lowest BCUT2D eigenvalue weighted by atomic mass is 10.0. The molecule has 0 bridgehead atoms. The number of hydrogen-bond donors (Lipinski definition) is 0. The number of aryl methyl sites for hydroxylation is 1. The first kappa shape index (κ1) is 31.2.